The molecule has 0 radical (unpaired) electrons. The number of benzene rings is 1. The zero-order chi connectivity index (χ0) is 23.2. The highest BCUT2D eigenvalue weighted by atomic mass is 16.2. The molecule has 0 aliphatic carbocycles. The maximum Gasteiger partial charge on any atom is 0.254 e. The van der Waals surface area contributed by atoms with Crippen molar-refractivity contribution in [1.82, 2.24) is 29.6 Å². The van der Waals surface area contributed by atoms with Crippen LogP contribution in [0.1, 0.15) is 40.2 Å². The number of rotatable bonds is 4. The SMILES string of the molecule is CN1C[C@@H](c2ccc(Nc3ccc(-c4cnc5cnccn45)c4c3C(=O)NC4)nc2)CCC1=O. The third-order valence-electron chi connectivity index (χ3n) is 6.71. The summed E-state index contributed by atoms with van der Waals surface area (Å²) in [6, 6.07) is 7.90. The number of likely N-dealkylation sites (N-methyl/N-ethyl adjacent to an activating group) is 1. The first-order chi connectivity index (χ1) is 16.6. The number of fused-ring (bicyclic) bond motifs is 2. The van der Waals surface area contributed by atoms with E-state index in [1.807, 2.05) is 48.1 Å². The number of aromatic nitrogens is 4. The second-order valence-corrected chi connectivity index (χ2v) is 8.76. The van der Waals surface area contributed by atoms with Gasteiger partial charge in [-0.2, -0.15) is 0 Å². The first kappa shape index (κ1) is 20.3. The molecule has 2 N–H and O–H groups in total. The Morgan fingerprint density at radius 2 is 2.00 bits per heavy atom. The Labute approximate surface area is 195 Å². The number of likely N-dealkylation sites (tertiary alicyclic amines) is 1. The van der Waals surface area contributed by atoms with Crippen LogP contribution in [-0.4, -0.2) is 49.7 Å². The van der Waals surface area contributed by atoms with Gasteiger partial charge in [0.2, 0.25) is 5.91 Å². The molecule has 1 aromatic carbocycles. The lowest BCUT2D eigenvalue weighted by Gasteiger charge is -2.29. The van der Waals surface area contributed by atoms with Crippen LogP contribution in [0.15, 0.2) is 55.2 Å². The Hall–Kier alpha value is -4.27. The number of imidazole rings is 1. The Morgan fingerprint density at radius 3 is 2.82 bits per heavy atom. The third-order valence-corrected chi connectivity index (χ3v) is 6.71. The van der Waals surface area contributed by atoms with Gasteiger partial charge in [0.1, 0.15) is 5.82 Å². The molecular formula is C25H23N7O2. The fraction of sp³-hybridized carbons (Fsp3) is 0.240. The molecule has 1 fully saturated rings. The van der Waals surface area contributed by atoms with Gasteiger partial charge in [0.15, 0.2) is 5.65 Å². The average molecular weight is 454 g/mol. The van der Waals surface area contributed by atoms with Gasteiger partial charge in [-0.3, -0.25) is 19.0 Å². The lowest BCUT2D eigenvalue weighted by molar-refractivity contribution is -0.132. The minimum atomic E-state index is -0.110. The van der Waals surface area contributed by atoms with E-state index in [2.05, 4.69) is 25.6 Å². The fourth-order valence-electron chi connectivity index (χ4n) is 4.88. The lowest BCUT2D eigenvalue weighted by Crippen LogP contribution is -2.35. The van der Waals surface area contributed by atoms with Crippen molar-refractivity contribution >= 4 is 29.0 Å². The zero-order valence-corrected chi connectivity index (χ0v) is 18.7. The highest BCUT2D eigenvalue weighted by Gasteiger charge is 2.28. The summed E-state index contributed by atoms with van der Waals surface area (Å²) >= 11 is 0. The monoisotopic (exact) mass is 453 g/mol. The van der Waals surface area contributed by atoms with Crippen molar-refractivity contribution in [1.29, 1.82) is 0 Å². The molecule has 1 saturated heterocycles. The molecule has 9 heteroatoms. The summed E-state index contributed by atoms with van der Waals surface area (Å²) < 4.78 is 1.97. The standard InChI is InChI=1S/C25H23N7O2/c1-31-14-16(3-7-23(31)33)15-2-6-21(27-10-15)30-19-5-4-17(18-11-29-25(34)24(18)19)20-12-28-22-13-26-8-9-32(20)22/h2,4-6,8-10,12-13,16H,3,7,11,14H2,1H3,(H,27,30)(H,29,34)/t16-/m0/s1. The predicted molar refractivity (Wildman–Crippen MR) is 127 cm³/mol. The molecule has 0 saturated carbocycles. The maximum absolute atomic E-state index is 12.7. The number of amides is 2. The number of pyridine rings is 1. The van der Waals surface area contributed by atoms with Gasteiger partial charge in [-0.05, 0) is 29.7 Å². The molecule has 2 amide bonds. The lowest BCUT2D eigenvalue weighted by atomic mass is 9.91. The second kappa shape index (κ2) is 7.95. The molecule has 5 heterocycles. The van der Waals surface area contributed by atoms with Crippen molar-refractivity contribution in [3.63, 3.8) is 0 Å². The first-order valence-electron chi connectivity index (χ1n) is 11.3. The van der Waals surface area contributed by atoms with Gasteiger partial charge in [-0.25, -0.2) is 9.97 Å². The summed E-state index contributed by atoms with van der Waals surface area (Å²) in [5.41, 5.74) is 6.01. The van der Waals surface area contributed by atoms with Crippen LogP contribution in [-0.2, 0) is 11.3 Å². The number of anilines is 2. The Balaban J connectivity index is 1.30. The molecule has 34 heavy (non-hydrogen) atoms. The van der Waals surface area contributed by atoms with Crippen molar-refractivity contribution in [2.75, 3.05) is 18.9 Å². The molecule has 0 bridgehead atoms. The van der Waals surface area contributed by atoms with Crippen molar-refractivity contribution in [3.8, 4) is 11.3 Å². The van der Waals surface area contributed by atoms with Gasteiger partial charge < -0.3 is 15.5 Å². The number of nitrogens with one attached hydrogen (secondary N) is 2. The molecule has 2 aliphatic rings. The first-order valence-corrected chi connectivity index (χ1v) is 11.3. The topological polar surface area (TPSA) is 105 Å². The minimum Gasteiger partial charge on any atom is -0.348 e. The van der Waals surface area contributed by atoms with E-state index in [0.717, 1.165) is 34.5 Å². The van der Waals surface area contributed by atoms with Crippen LogP contribution in [0.5, 0.6) is 0 Å². The van der Waals surface area contributed by atoms with E-state index >= 15 is 0 Å². The van der Waals surface area contributed by atoms with Crippen molar-refractivity contribution < 1.29 is 9.59 Å². The summed E-state index contributed by atoms with van der Waals surface area (Å²) in [7, 11) is 1.84. The molecule has 6 rings (SSSR count). The summed E-state index contributed by atoms with van der Waals surface area (Å²) in [5, 5.41) is 6.27. The molecule has 1 atom stereocenters. The smallest absolute Gasteiger partial charge is 0.254 e. The van der Waals surface area contributed by atoms with Crippen LogP contribution < -0.4 is 10.6 Å². The molecule has 0 spiro atoms. The van der Waals surface area contributed by atoms with Gasteiger partial charge in [-0.15, -0.1) is 0 Å². The maximum atomic E-state index is 12.7. The van der Waals surface area contributed by atoms with Crippen LogP contribution in [0.2, 0.25) is 0 Å². The summed E-state index contributed by atoms with van der Waals surface area (Å²) in [6.45, 7) is 1.17. The highest BCUT2D eigenvalue weighted by molar-refractivity contribution is 6.06. The van der Waals surface area contributed by atoms with E-state index in [1.165, 1.54) is 0 Å². The number of piperidine rings is 1. The quantitative estimate of drug-likeness (QED) is 0.492. The largest absolute Gasteiger partial charge is 0.348 e. The molecule has 4 aromatic rings. The van der Waals surface area contributed by atoms with Gasteiger partial charge in [0.05, 0.1) is 29.3 Å². The summed E-state index contributed by atoms with van der Waals surface area (Å²) in [4.78, 5) is 39.4. The van der Waals surface area contributed by atoms with Crippen molar-refractivity contribution in [2.24, 2.45) is 0 Å². The summed E-state index contributed by atoms with van der Waals surface area (Å²) in [5.74, 6) is 1.04. The van der Waals surface area contributed by atoms with Gasteiger partial charge in [-0.1, -0.05) is 12.1 Å². The van der Waals surface area contributed by atoms with Gasteiger partial charge in [0.25, 0.3) is 5.91 Å². The van der Waals surface area contributed by atoms with E-state index in [1.54, 1.807) is 23.5 Å². The Bertz CT molecular complexity index is 1430. The van der Waals surface area contributed by atoms with Gasteiger partial charge >= 0.3 is 0 Å². The normalized spacial score (nSPS) is 17.7. The average Bonchev–Trinajstić information content (AvgIpc) is 3.46. The minimum absolute atomic E-state index is 0.110. The number of hydrogen-bond acceptors (Lipinski definition) is 6. The third kappa shape index (κ3) is 3.37. The van der Waals surface area contributed by atoms with E-state index in [-0.39, 0.29) is 11.8 Å². The number of carbonyl (C=O) groups excluding carboxylic acids is 2. The van der Waals surface area contributed by atoms with E-state index in [9.17, 15) is 9.59 Å². The molecule has 0 unspecified atom stereocenters. The Morgan fingerprint density at radius 1 is 1.09 bits per heavy atom. The molecule has 3 aromatic heterocycles. The zero-order valence-electron chi connectivity index (χ0n) is 18.7. The van der Waals surface area contributed by atoms with Crippen LogP contribution in [0.4, 0.5) is 11.5 Å². The molecule has 170 valence electrons. The van der Waals surface area contributed by atoms with Crippen LogP contribution in [0.25, 0.3) is 16.9 Å². The number of carbonyl (C=O) groups is 2. The Kier molecular flexibility index (Phi) is 4.75. The van der Waals surface area contributed by atoms with Crippen molar-refractivity contribution in [2.45, 2.75) is 25.3 Å². The summed E-state index contributed by atoms with van der Waals surface area (Å²) in [6.07, 6.45) is 10.4. The van der Waals surface area contributed by atoms with Crippen LogP contribution in [0, 0.1) is 0 Å². The number of nitrogens with zero attached hydrogens (tertiary/aromatic N) is 5. The molecule has 2 aliphatic heterocycles. The van der Waals surface area contributed by atoms with E-state index < -0.39 is 0 Å². The fourth-order valence-corrected chi connectivity index (χ4v) is 4.88. The predicted octanol–water partition coefficient (Wildman–Crippen LogP) is 3.11. The highest BCUT2D eigenvalue weighted by Crippen LogP contribution is 2.35. The van der Waals surface area contributed by atoms with Crippen LogP contribution in [0.3, 0.4) is 0 Å². The van der Waals surface area contributed by atoms with Gasteiger partial charge in [0, 0.05) is 56.6 Å². The molecule has 9 nitrogen and oxygen atoms in total. The second-order valence-electron chi connectivity index (χ2n) is 8.76. The van der Waals surface area contributed by atoms with E-state index in [4.69, 9.17) is 0 Å². The molecular weight excluding hydrogens is 430 g/mol. The number of hydrogen-bond donors (Lipinski definition) is 2. The van der Waals surface area contributed by atoms with Crippen LogP contribution >= 0.6 is 0 Å². The van der Waals surface area contributed by atoms with Crippen molar-refractivity contribution in [3.05, 3.63) is 71.9 Å². The van der Waals surface area contributed by atoms with E-state index in [0.29, 0.717) is 42.5 Å².